The van der Waals surface area contributed by atoms with E-state index in [1.807, 2.05) is 0 Å². The topological polar surface area (TPSA) is 85.2 Å². The van der Waals surface area contributed by atoms with Crippen LogP contribution < -0.4 is 5.73 Å². The first-order chi connectivity index (χ1) is 10.1. The summed E-state index contributed by atoms with van der Waals surface area (Å²) in [6, 6.07) is 3.99. The van der Waals surface area contributed by atoms with E-state index in [9.17, 15) is 9.50 Å². The summed E-state index contributed by atoms with van der Waals surface area (Å²) in [5.41, 5.74) is 6.29. The molecule has 0 saturated heterocycles. The third-order valence-corrected chi connectivity index (χ3v) is 4.05. The van der Waals surface area contributed by atoms with Gasteiger partial charge in [-0.05, 0) is 31.0 Å². The van der Waals surface area contributed by atoms with Crippen LogP contribution in [0.15, 0.2) is 22.7 Å². The van der Waals surface area contributed by atoms with E-state index in [-0.39, 0.29) is 5.82 Å². The molecule has 1 aliphatic carbocycles. The van der Waals surface area contributed by atoms with Crippen LogP contribution in [0.1, 0.15) is 44.4 Å². The monoisotopic (exact) mass is 291 g/mol. The lowest BCUT2D eigenvalue weighted by Gasteiger charge is -2.22. The molecule has 21 heavy (non-hydrogen) atoms. The largest absolute Gasteiger partial charge is 0.505 e. The Morgan fingerprint density at radius 3 is 2.57 bits per heavy atom. The Balaban J connectivity index is 1.90. The Labute approximate surface area is 122 Å². The Morgan fingerprint density at radius 1 is 1.19 bits per heavy atom. The highest BCUT2D eigenvalue weighted by molar-refractivity contribution is 5.56. The molecule has 0 aliphatic heterocycles. The summed E-state index contributed by atoms with van der Waals surface area (Å²) in [4.78, 5) is 4.34. The fourth-order valence-electron chi connectivity index (χ4n) is 2.76. The van der Waals surface area contributed by atoms with Crippen molar-refractivity contribution < 1.29 is 14.0 Å². The maximum absolute atomic E-state index is 13.4. The third kappa shape index (κ3) is 2.76. The van der Waals surface area contributed by atoms with Gasteiger partial charge in [-0.2, -0.15) is 4.98 Å². The average Bonchev–Trinajstić information content (AvgIpc) is 2.86. The third-order valence-electron chi connectivity index (χ3n) is 4.05. The molecule has 5 nitrogen and oxygen atoms in total. The summed E-state index contributed by atoms with van der Waals surface area (Å²) in [6.07, 6.45) is 6.06. The van der Waals surface area contributed by atoms with Gasteiger partial charge in [-0.25, -0.2) is 4.39 Å². The van der Waals surface area contributed by atoms with Crippen molar-refractivity contribution in [2.24, 2.45) is 5.73 Å². The molecule has 2 aromatic rings. The van der Waals surface area contributed by atoms with Gasteiger partial charge in [-0.1, -0.05) is 30.8 Å². The minimum absolute atomic E-state index is 0.290. The fourth-order valence-corrected chi connectivity index (χ4v) is 2.76. The first-order valence-corrected chi connectivity index (χ1v) is 7.20. The van der Waals surface area contributed by atoms with E-state index in [2.05, 4.69) is 10.1 Å². The molecular formula is C15H18FN3O2. The zero-order valence-electron chi connectivity index (χ0n) is 11.7. The van der Waals surface area contributed by atoms with Crippen molar-refractivity contribution in [2.75, 3.05) is 0 Å². The SMILES string of the molecule is NC1(c2nc(-c3ccc(O)c(F)c3)no2)CCCCCC1. The Bertz CT molecular complexity index is 634. The van der Waals surface area contributed by atoms with Crippen LogP contribution in [-0.2, 0) is 5.54 Å². The second-order valence-corrected chi connectivity index (χ2v) is 5.66. The summed E-state index contributed by atoms with van der Waals surface area (Å²) in [7, 11) is 0. The highest BCUT2D eigenvalue weighted by atomic mass is 19.1. The molecule has 1 fully saturated rings. The second kappa shape index (κ2) is 5.44. The van der Waals surface area contributed by atoms with Crippen LogP contribution in [0, 0.1) is 5.82 Å². The molecule has 0 bridgehead atoms. The number of nitrogens with zero attached hydrogens (tertiary/aromatic N) is 2. The lowest BCUT2D eigenvalue weighted by atomic mass is 9.91. The smallest absolute Gasteiger partial charge is 0.247 e. The molecule has 1 aliphatic rings. The molecule has 0 radical (unpaired) electrons. The van der Waals surface area contributed by atoms with Gasteiger partial charge >= 0.3 is 0 Å². The van der Waals surface area contributed by atoms with Crippen LogP contribution >= 0.6 is 0 Å². The number of halogens is 1. The zero-order valence-corrected chi connectivity index (χ0v) is 11.7. The van der Waals surface area contributed by atoms with Crippen molar-refractivity contribution in [2.45, 2.75) is 44.1 Å². The molecule has 1 saturated carbocycles. The standard InChI is InChI=1S/C15H18FN3O2/c16-11-9-10(5-6-12(11)20)13-18-14(21-19-13)15(17)7-3-1-2-4-8-15/h5-6,9,20H,1-4,7-8,17H2. The summed E-state index contributed by atoms with van der Waals surface area (Å²) in [5, 5.41) is 13.1. The minimum atomic E-state index is -0.712. The van der Waals surface area contributed by atoms with Gasteiger partial charge in [-0.15, -0.1) is 0 Å². The fraction of sp³-hybridized carbons (Fsp3) is 0.467. The molecule has 6 heteroatoms. The summed E-state index contributed by atoms with van der Waals surface area (Å²) < 4.78 is 18.7. The summed E-state index contributed by atoms with van der Waals surface area (Å²) in [6.45, 7) is 0. The van der Waals surface area contributed by atoms with E-state index in [4.69, 9.17) is 10.3 Å². The van der Waals surface area contributed by atoms with E-state index in [0.717, 1.165) is 25.7 Å². The lowest BCUT2D eigenvalue weighted by Crippen LogP contribution is -2.36. The molecule has 3 rings (SSSR count). The molecule has 0 amide bonds. The molecule has 1 aromatic carbocycles. The number of nitrogens with two attached hydrogens (primary N) is 1. The molecule has 0 atom stereocenters. The van der Waals surface area contributed by atoms with Crippen LogP contribution in [-0.4, -0.2) is 15.2 Å². The number of rotatable bonds is 2. The van der Waals surface area contributed by atoms with E-state index in [1.165, 1.54) is 25.0 Å². The van der Waals surface area contributed by atoms with Gasteiger partial charge < -0.3 is 15.4 Å². The van der Waals surface area contributed by atoms with Crippen molar-refractivity contribution in [1.29, 1.82) is 0 Å². The molecule has 1 heterocycles. The van der Waals surface area contributed by atoms with E-state index < -0.39 is 17.1 Å². The normalized spacial score (nSPS) is 18.4. The minimum Gasteiger partial charge on any atom is -0.505 e. The molecule has 3 N–H and O–H groups in total. The summed E-state index contributed by atoms with van der Waals surface area (Å²) >= 11 is 0. The van der Waals surface area contributed by atoms with E-state index in [1.54, 1.807) is 6.07 Å². The van der Waals surface area contributed by atoms with Crippen LogP contribution in [0.3, 0.4) is 0 Å². The predicted octanol–water partition coefficient (Wildman–Crippen LogP) is 3.09. The van der Waals surface area contributed by atoms with Crippen molar-refractivity contribution in [1.82, 2.24) is 10.1 Å². The first kappa shape index (κ1) is 14.0. The van der Waals surface area contributed by atoms with Crippen molar-refractivity contribution in [3.05, 3.63) is 29.9 Å². The predicted molar refractivity (Wildman–Crippen MR) is 74.9 cm³/mol. The molecule has 0 unspecified atom stereocenters. The van der Waals surface area contributed by atoms with Crippen molar-refractivity contribution in [3.8, 4) is 17.1 Å². The van der Waals surface area contributed by atoms with Crippen molar-refractivity contribution in [3.63, 3.8) is 0 Å². The van der Waals surface area contributed by atoms with Crippen LogP contribution in [0.5, 0.6) is 5.75 Å². The highest BCUT2D eigenvalue weighted by Gasteiger charge is 2.34. The second-order valence-electron chi connectivity index (χ2n) is 5.66. The van der Waals surface area contributed by atoms with Gasteiger partial charge in [0.15, 0.2) is 11.6 Å². The van der Waals surface area contributed by atoms with E-state index >= 15 is 0 Å². The zero-order chi connectivity index (χ0) is 14.9. The number of hydrogen-bond acceptors (Lipinski definition) is 5. The van der Waals surface area contributed by atoms with Gasteiger partial charge in [0.2, 0.25) is 11.7 Å². The average molecular weight is 291 g/mol. The number of aromatic hydroxyl groups is 1. The lowest BCUT2D eigenvalue weighted by molar-refractivity contribution is 0.257. The molecular weight excluding hydrogens is 273 g/mol. The maximum Gasteiger partial charge on any atom is 0.247 e. The number of hydrogen-bond donors (Lipinski definition) is 2. The Kier molecular flexibility index (Phi) is 3.63. The van der Waals surface area contributed by atoms with Crippen molar-refractivity contribution >= 4 is 0 Å². The maximum atomic E-state index is 13.4. The van der Waals surface area contributed by atoms with Gasteiger partial charge in [0, 0.05) is 5.56 Å². The van der Waals surface area contributed by atoms with Crippen LogP contribution in [0.25, 0.3) is 11.4 Å². The molecule has 0 spiro atoms. The first-order valence-electron chi connectivity index (χ1n) is 7.20. The molecule has 112 valence electrons. The number of aromatic nitrogens is 2. The van der Waals surface area contributed by atoms with Crippen LogP contribution in [0.4, 0.5) is 4.39 Å². The van der Waals surface area contributed by atoms with Gasteiger partial charge in [0.1, 0.15) is 0 Å². The highest BCUT2D eigenvalue weighted by Crippen LogP contribution is 2.34. The Hall–Kier alpha value is -1.95. The van der Waals surface area contributed by atoms with Gasteiger partial charge in [-0.3, -0.25) is 0 Å². The molecule has 1 aromatic heterocycles. The van der Waals surface area contributed by atoms with Gasteiger partial charge in [0.05, 0.1) is 5.54 Å². The van der Waals surface area contributed by atoms with Gasteiger partial charge in [0.25, 0.3) is 0 Å². The number of phenols is 1. The summed E-state index contributed by atoms with van der Waals surface area (Å²) in [5.74, 6) is -0.414. The number of phenolic OH excluding ortho intramolecular Hbond substituents is 1. The van der Waals surface area contributed by atoms with Crippen LogP contribution in [0.2, 0.25) is 0 Å². The number of benzene rings is 1. The van der Waals surface area contributed by atoms with E-state index in [0.29, 0.717) is 11.5 Å². The Morgan fingerprint density at radius 2 is 1.90 bits per heavy atom. The quantitative estimate of drug-likeness (QED) is 0.830.